The molecule has 0 aliphatic carbocycles. The molecule has 0 spiro atoms. The normalized spacial score (nSPS) is 15.2. The number of aromatic amines is 1. The number of rotatable bonds is 2. The van der Waals surface area contributed by atoms with Crippen LogP contribution in [0.2, 0.25) is 0 Å². The van der Waals surface area contributed by atoms with Crippen LogP contribution in [0.25, 0.3) is 0 Å². The Morgan fingerprint density at radius 2 is 2.14 bits per heavy atom. The highest BCUT2D eigenvalue weighted by atomic mass is 16.3. The average Bonchev–Trinajstić information content (AvgIpc) is 2.01. The molecule has 1 heterocycles. The minimum absolute atomic E-state index is 0.127. The van der Waals surface area contributed by atoms with Crippen LogP contribution in [-0.2, 0) is 5.54 Å². The van der Waals surface area contributed by atoms with E-state index in [-0.39, 0.29) is 12.0 Å². The van der Waals surface area contributed by atoms with Crippen molar-refractivity contribution in [1.82, 2.24) is 4.98 Å². The third-order valence-electron chi connectivity index (χ3n) is 2.25. The number of aromatic nitrogens is 1. The van der Waals surface area contributed by atoms with Crippen molar-refractivity contribution in [3.8, 4) is 0 Å². The molecule has 4 nitrogen and oxygen atoms in total. The van der Waals surface area contributed by atoms with Crippen LogP contribution in [0.3, 0.4) is 0 Å². The molecular formula is C10H16N2O2. The highest BCUT2D eigenvalue weighted by Crippen LogP contribution is 2.15. The first-order valence-electron chi connectivity index (χ1n) is 4.49. The largest absolute Gasteiger partial charge is 0.394 e. The summed E-state index contributed by atoms with van der Waals surface area (Å²) >= 11 is 0. The molecule has 0 bridgehead atoms. The van der Waals surface area contributed by atoms with Gasteiger partial charge in [0.15, 0.2) is 5.43 Å². The molecule has 1 atom stereocenters. The van der Waals surface area contributed by atoms with Crippen LogP contribution in [-0.4, -0.2) is 16.7 Å². The maximum absolute atomic E-state index is 11.7. The number of pyridine rings is 1. The van der Waals surface area contributed by atoms with Gasteiger partial charge in [-0.15, -0.1) is 0 Å². The molecule has 0 saturated carbocycles. The summed E-state index contributed by atoms with van der Waals surface area (Å²) in [5.74, 6) is 0. The zero-order valence-electron chi connectivity index (χ0n) is 8.72. The monoisotopic (exact) mass is 196 g/mol. The fourth-order valence-corrected chi connectivity index (χ4v) is 1.64. The molecule has 14 heavy (non-hydrogen) atoms. The van der Waals surface area contributed by atoms with Gasteiger partial charge in [-0.2, -0.15) is 0 Å². The van der Waals surface area contributed by atoms with E-state index < -0.39 is 5.54 Å². The van der Waals surface area contributed by atoms with Gasteiger partial charge in [0.25, 0.3) is 0 Å². The summed E-state index contributed by atoms with van der Waals surface area (Å²) in [6, 6.07) is 1.49. The molecule has 1 aromatic rings. The van der Waals surface area contributed by atoms with Crippen molar-refractivity contribution in [2.45, 2.75) is 26.3 Å². The predicted octanol–water partition coefficient (Wildman–Crippen LogP) is 0.158. The minimum Gasteiger partial charge on any atom is -0.394 e. The average molecular weight is 196 g/mol. The van der Waals surface area contributed by atoms with E-state index in [0.29, 0.717) is 11.3 Å². The number of aryl methyl sites for hydroxylation is 2. The van der Waals surface area contributed by atoms with Crippen molar-refractivity contribution >= 4 is 0 Å². The molecule has 0 aromatic carbocycles. The quantitative estimate of drug-likeness (QED) is 0.630. The molecule has 0 saturated heterocycles. The van der Waals surface area contributed by atoms with E-state index in [1.54, 1.807) is 13.8 Å². The second-order valence-electron chi connectivity index (χ2n) is 3.89. The molecule has 78 valence electrons. The number of aliphatic hydroxyl groups excluding tert-OH is 1. The Labute approximate surface area is 82.8 Å². The Morgan fingerprint density at radius 3 is 2.57 bits per heavy atom. The van der Waals surface area contributed by atoms with Crippen LogP contribution in [0.15, 0.2) is 10.9 Å². The van der Waals surface area contributed by atoms with Crippen LogP contribution in [0.5, 0.6) is 0 Å². The van der Waals surface area contributed by atoms with Crippen molar-refractivity contribution in [3.63, 3.8) is 0 Å². The maximum atomic E-state index is 11.7. The minimum atomic E-state index is -0.981. The van der Waals surface area contributed by atoms with Crippen molar-refractivity contribution in [2.75, 3.05) is 6.61 Å². The fourth-order valence-electron chi connectivity index (χ4n) is 1.64. The number of aliphatic hydroxyl groups is 1. The number of hydrogen-bond acceptors (Lipinski definition) is 3. The second kappa shape index (κ2) is 3.55. The zero-order valence-corrected chi connectivity index (χ0v) is 8.72. The SMILES string of the molecule is Cc1cc(=O)c([C@](C)(N)CO)c(C)[nH]1. The summed E-state index contributed by atoms with van der Waals surface area (Å²) in [7, 11) is 0. The molecule has 0 aliphatic heterocycles. The van der Waals surface area contributed by atoms with E-state index in [1.807, 2.05) is 6.92 Å². The Hall–Kier alpha value is -1.13. The Morgan fingerprint density at radius 1 is 1.57 bits per heavy atom. The third-order valence-corrected chi connectivity index (χ3v) is 2.25. The highest BCUT2D eigenvalue weighted by Gasteiger charge is 2.25. The van der Waals surface area contributed by atoms with Gasteiger partial charge in [-0.25, -0.2) is 0 Å². The first-order valence-corrected chi connectivity index (χ1v) is 4.49. The molecule has 0 fully saturated rings. The summed E-state index contributed by atoms with van der Waals surface area (Å²) in [5.41, 5.74) is 6.67. The lowest BCUT2D eigenvalue weighted by atomic mass is 9.92. The summed E-state index contributed by atoms with van der Waals surface area (Å²) in [4.78, 5) is 14.7. The van der Waals surface area contributed by atoms with Crippen molar-refractivity contribution in [3.05, 3.63) is 33.2 Å². The van der Waals surface area contributed by atoms with Gasteiger partial charge < -0.3 is 15.8 Å². The van der Waals surface area contributed by atoms with Gasteiger partial charge in [0.1, 0.15) is 0 Å². The molecule has 0 radical (unpaired) electrons. The second-order valence-corrected chi connectivity index (χ2v) is 3.89. The van der Waals surface area contributed by atoms with E-state index in [0.717, 1.165) is 5.69 Å². The van der Waals surface area contributed by atoms with Gasteiger partial charge in [0, 0.05) is 23.0 Å². The van der Waals surface area contributed by atoms with Crippen LogP contribution in [0.4, 0.5) is 0 Å². The van der Waals surface area contributed by atoms with Crippen LogP contribution in [0, 0.1) is 13.8 Å². The maximum Gasteiger partial charge on any atom is 0.187 e. The lowest BCUT2D eigenvalue weighted by Crippen LogP contribution is -2.42. The zero-order chi connectivity index (χ0) is 10.9. The summed E-state index contributed by atoms with van der Waals surface area (Å²) in [6.45, 7) is 4.98. The number of nitrogens with one attached hydrogen (secondary N) is 1. The highest BCUT2D eigenvalue weighted by molar-refractivity contribution is 5.28. The summed E-state index contributed by atoms with van der Waals surface area (Å²) < 4.78 is 0. The van der Waals surface area contributed by atoms with Crippen molar-refractivity contribution in [2.24, 2.45) is 5.73 Å². The number of hydrogen-bond donors (Lipinski definition) is 3. The standard InChI is InChI=1S/C10H16N2O2/c1-6-4-8(14)9(7(2)12-6)10(3,11)5-13/h4,13H,5,11H2,1-3H3,(H,12,14)/t10-/m1/s1. The van der Waals surface area contributed by atoms with Gasteiger partial charge in [-0.05, 0) is 20.8 Å². The molecule has 1 aromatic heterocycles. The van der Waals surface area contributed by atoms with Gasteiger partial charge in [-0.1, -0.05) is 0 Å². The molecule has 0 unspecified atom stereocenters. The number of nitrogens with two attached hydrogens (primary N) is 1. The fraction of sp³-hybridized carbons (Fsp3) is 0.500. The lowest BCUT2D eigenvalue weighted by molar-refractivity contribution is 0.208. The van der Waals surface area contributed by atoms with Gasteiger partial charge in [-0.3, -0.25) is 4.79 Å². The topological polar surface area (TPSA) is 79.1 Å². The Bertz CT molecular complexity index is 394. The van der Waals surface area contributed by atoms with E-state index in [9.17, 15) is 4.79 Å². The van der Waals surface area contributed by atoms with Crippen LogP contribution < -0.4 is 11.2 Å². The lowest BCUT2D eigenvalue weighted by Gasteiger charge is -2.23. The molecule has 0 aliphatic rings. The Balaban J connectivity index is 3.43. The third kappa shape index (κ3) is 1.86. The van der Waals surface area contributed by atoms with E-state index in [4.69, 9.17) is 10.8 Å². The van der Waals surface area contributed by atoms with Crippen molar-refractivity contribution < 1.29 is 5.11 Å². The summed E-state index contributed by atoms with van der Waals surface area (Å²) in [5, 5.41) is 9.09. The van der Waals surface area contributed by atoms with E-state index in [1.165, 1.54) is 6.07 Å². The molecular weight excluding hydrogens is 180 g/mol. The van der Waals surface area contributed by atoms with E-state index in [2.05, 4.69) is 4.98 Å². The van der Waals surface area contributed by atoms with Crippen LogP contribution >= 0.6 is 0 Å². The van der Waals surface area contributed by atoms with Crippen molar-refractivity contribution in [1.29, 1.82) is 0 Å². The van der Waals surface area contributed by atoms with Gasteiger partial charge >= 0.3 is 0 Å². The summed E-state index contributed by atoms with van der Waals surface area (Å²) in [6.07, 6.45) is 0. The van der Waals surface area contributed by atoms with Gasteiger partial charge in [0.2, 0.25) is 0 Å². The first-order chi connectivity index (χ1) is 6.38. The number of H-pyrrole nitrogens is 1. The van der Waals surface area contributed by atoms with E-state index >= 15 is 0 Å². The van der Waals surface area contributed by atoms with Crippen LogP contribution in [0.1, 0.15) is 23.9 Å². The molecule has 4 N–H and O–H groups in total. The Kier molecular flexibility index (Phi) is 2.78. The van der Waals surface area contributed by atoms with Gasteiger partial charge in [0.05, 0.1) is 12.1 Å². The molecule has 4 heteroatoms. The molecule has 1 rings (SSSR count). The smallest absolute Gasteiger partial charge is 0.187 e. The predicted molar refractivity (Wildman–Crippen MR) is 55.2 cm³/mol. The molecule has 0 amide bonds. The first kappa shape index (κ1) is 10.9.